The van der Waals surface area contributed by atoms with Gasteiger partial charge in [-0.1, -0.05) is 24.3 Å². The lowest BCUT2D eigenvalue weighted by atomic mass is 10.0. The summed E-state index contributed by atoms with van der Waals surface area (Å²) in [6.07, 6.45) is 3.73. The van der Waals surface area contributed by atoms with Crippen molar-refractivity contribution in [1.82, 2.24) is 0 Å². The number of carbonyl (C=O) groups excluding carboxylic acids is 1. The molecular weight excluding hydrogens is 184 g/mol. The van der Waals surface area contributed by atoms with Crippen molar-refractivity contribution < 1.29 is 4.79 Å². The summed E-state index contributed by atoms with van der Waals surface area (Å²) in [4.78, 5) is 11.5. The summed E-state index contributed by atoms with van der Waals surface area (Å²) in [5.41, 5.74) is 3.65. The second-order valence-electron chi connectivity index (χ2n) is 3.96. The van der Waals surface area contributed by atoms with Crippen molar-refractivity contribution >= 4 is 5.78 Å². The second-order valence-corrected chi connectivity index (χ2v) is 3.96. The standard InChI is InChI=1S/C14H18O/c1-4-5-6-14(15)10-13-8-7-11(2)12(3)9-13/h4,7-9H,1,5-6,10H2,2-3H3. The Morgan fingerprint density at radius 3 is 2.67 bits per heavy atom. The van der Waals surface area contributed by atoms with E-state index in [1.165, 1.54) is 11.1 Å². The average Bonchev–Trinajstić information content (AvgIpc) is 2.20. The maximum atomic E-state index is 11.5. The number of allylic oxidation sites excluding steroid dienone is 1. The number of hydrogen-bond donors (Lipinski definition) is 0. The maximum absolute atomic E-state index is 11.5. The largest absolute Gasteiger partial charge is 0.299 e. The first-order chi connectivity index (χ1) is 7.13. The molecule has 0 unspecified atom stereocenters. The van der Waals surface area contributed by atoms with Gasteiger partial charge in [0.15, 0.2) is 0 Å². The fourth-order valence-electron chi connectivity index (χ4n) is 1.49. The van der Waals surface area contributed by atoms with Crippen molar-refractivity contribution in [2.24, 2.45) is 0 Å². The maximum Gasteiger partial charge on any atom is 0.137 e. The van der Waals surface area contributed by atoms with Crippen LogP contribution in [0.3, 0.4) is 0 Å². The summed E-state index contributed by atoms with van der Waals surface area (Å²) in [7, 11) is 0. The van der Waals surface area contributed by atoms with Crippen molar-refractivity contribution in [3.8, 4) is 0 Å². The number of carbonyl (C=O) groups is 1. The van der Waals surface area contributed by atoms with Crippen molar-refractivity contribution in [2.75, 3.05) is 0 Å². The zero-order valence-corrected chi connectivity index (χ0v) is 9.55. The van der Waals surface area contributed by atoms with Crippen LogP contribution in [-0.4, -0.2) is 5.78 Å². The third-order valence-corrected chi connectivity index (χ3v) is 2.60. The smallest absolute Gasteiger partial charge is 0.137 e. The molecule has 0 spiro atoms. The molecule has 15 heavy (non-hydrogen) atoms. The van der Waals surface area contributed by atoms with Gasteiger partial charge < -0.3 is 0 Å². The van der Waals surface area contributed by atoms with E-state index in [4.69, 9.17) is 0 Å². The van der Waals surface area contributed by atoms with Crippen LogP contribution in [0.1, 0.15) is 29.5 Å². The van der Waals surface area contributed by atoms with Gasteiger partial charge >= 0.3 is 0 Å². The highest BCUT2D eigenvalue weighted by Gasteiger charge is 2.03. The molecule has 1 heteroatoms. The molecule has 1 aromatic rings. The first-order valence-electron chi connectivity index (χ1n) is 5.32. The van der Waals surface area contributed by atoms with Gasteiger partial charge in [0.2, 0.25) is 0 Å². The Morgan fingerprint density at radius 1 is 1.33 bits per heavy atom. The number of rotatable bonds is 5. The Hall–Kier alpha value is -1.37. The molecule has 0 fully saturated rings. The predicted molar refractivity (Wildman–Crippen MR) is 64.1 cm³/mol. The molecule has 0 atom stereocenters. The highest BCUT2D eigenvalue weighted by molar-refractivity contribution is 5.81. The van der Waals surface area contributed by atoms with E-state index in [-0.39, 0.29) is 5.78 Å². The van der Waals surface area contributed by atoms with Crippen molar-refractivity contribution in [2.45, 2.75) is 33.1 Å². The van der Waals surface area contributed by atoms with E-state index in [1.807, 2.05) is 6.07 Å². The molecule has 80 valence electrons. The van der Waals surface area contributed by atoms with Gasteiger partial charge in [0, 0.05) is 12.8 Å². The van der Waals surface area contributed by atoms with Gasteiger partial charge in [-0.3, -0.25) is 4.79 Å². The zero-order chi connectivity index (χ0) is 11.3. The molecule has 1 aromatic carbocycles. The lowest BCUT2D eigenvalue weighted by Gasteiger charge is -2.04. The van der Waals surface area contributed by atoms with Crippen molar-refractivity contribution in [1.29, 1.82) is 0 Å². The number of hydrogen-bond acceptors (Lipinski definition) is 1. The molecule has 1 rings (SSSR count). The Labute approximate surface area is 91.8 Å². The minimum absolute atomic E-state index is 0.290. The first-order valence-corrected chi connectivity index (χ1v) is 5.32. The quantitative estimate of drug-likeness (QED) is 0.669. The van der Waals surface area contributed by atoms with Gasteiger partial charge in [0.05, 0.1) is 0 Å². The summed E-state index contributed by atoms with van der Waals surface area (Å²) in [5, 5.41) is 0. The molecule has 0 aliphatic heterocycles. The van der Waals surface area contributed by atoms with E-state index in [0.29, 0.717) is 12.8 Å². The van der Waals surface area contributed by atoms with Gasteiger partial charge in [0.1, 0.15) is 5.78 Å². The Bertz CT molecular complexity index is 364. The highest BCUT2D eigenvalue weighted by Crippen LogP contribution is 2.11. The minimum Gasteiger partial charge on any atom is -0.299 e. The van der Waals surface area contributed by atoms with Crippen molar-refractivity contribution in [3.05, 3.63) is 47.5 Å². The Balaban J connectivity index is 2.60. The van der Waals surface area contributed by atoms with E-state index in [0.717, 1.165) is 12.0 Å². The summed E-state index contributed by atoms with van der Waals surface area (Å²) in [6, 6.07) is 6.21. The zero-order valence-electron chi connectivity index (χ0n) is 9.55. The topological polar surface area (TPSA) is 17.1 Å². The van der Waals surface area contributed by atoms with Gasteiger partial charge in [-0.25, -0.2) is 0 Å². The van der Waals surface area contributed by atoms with E-state index in [2.05, 4.69) is 32.6 Å². The number of ketones is 1. The van der Waals surface area contributed by atoms with E-state index < -0.39 is 0 Å². The Kier molecular flexibility index (Phi) is 4.29. The second kappa shape index (κ2) is 5.50. The lowest BCUT2D eigenvalue weighted by Crippen LogP contribution is -2.02. The van der Waals surface area contributed by atoms with E-state index >= 15 is 0 Å². The molecule has 0 aromatic heterocycles. The molecule has 0 saturated heterocycles. The molecule has 0 aliphatic rings. The van der Waals surface area contributed by atoms with Crippen LogP contribution in [0.25, 0.3) is 0 Å². The molecule has 1 nitrogen and oxygen atoms in total. The van der Waals surface area contributed by atoms with Crippen LogP contribution < -0.4 is 0 Å². The van der Waals surface area contributed by atoms with Crippen molar-refractivity contribution in [3.63, 3.8) is 0 Å². The first kappa shape index (κ1) is 11.7. The predicted octanol–water partition coefficient (Wildman–Crippen LogP) is 3.38. The fourth-order valence-corrected chi connectivity index (χ4v) is 1.49. The van der Waals surface area contributed by atoms with Crippen LogP contribution >= 0.6 is 0 Å². The molecule has 0 radical (unpaired) electrons. The molecule has 0 N–H and O–H groups in total. The molecule has 0 aliphatic carbocycles. The number of Topliss-reactive ketones (excluding diaryl/α,β-unsaturated/α-hetero) is 1. The SMILES string of the molecule is C=CCCC(=O)Cc1ccc(C)c(C)c1. The van der Waals surface area contributed by atoms with Gasteiger partial charge in [-0.05, 0) is 37.0 Å². The summed E-state index contributed by atoms with van der Waals surface area (Å²) < 4.78 is 0. The Morgan fingerprint density at radius 2 is 2.07 bits per heavy atom. The summed E-state index contributed by atoms with van der Waals surface area (Å²) in [5.74, 6) is 0.290. The van der Waals surface area contributed by atoms with Crippen LogP contribution in [0.4, 0.5) is 0 Å². The molecule has 0 heterocycles. The number of aryl methyl sites for hydroxylation is 2. The molecule has 0 amide bonds. The molecule has 0 bridgehead atoms. The van der Waals surface area contributed by atoms with Crippen LogP contribution in [0.5, 0.6) is 0 Å². The van der Waals surface area contributed by atoms with Gasteiger partial charge in [-0.2, -0.15) is 0 Å². The molecular formula is C14H18O. The normalized spacial score (nSPS) is 10.0. The number of benzene rings is 1. The van der Waals surface area contributed by atoms with Gasteiger partial charge in [-0.15, -0.1) is 6.58 Å². The van der Waals surface area contributed by atoms with E-state index in [1.54, 1.807) is 6.08 Å². The minimum atomic E-state index is 0.290. The van der Waals surface area contributed by atoms with Crippen LogP contribution in [0, 0.1) is 13.8 Å². The summed E-state index contributed by atoms with van der Waals surface area (Å²) in [6.45, 7) is 7.77. The lowest BCUT2D eigenvalue weighted by molar-refractivity contribution is -0.118. The third-order valence-electron chi connectivity index (χ3n) is 2.60. The van der Waals surface area contributed by atoms with Gasteiger partial charge in [0.25, 0.3) is 0 Å². The average molecular weight is 202 g/mol. The fraction of sp³-hybridized carbons (Fsp3) is 0.357. The van der Waals surface area contributed by atoms with Crippen LogP contribution in [0.2, 0.25) is 0 Å². The van der Waals surface area contributed by atoms with Crippen LogP contribution in [0.15, 0.2) is 30.9 Å². The summed E-state index contributed by atoms with van der Waals surface area (Å²) >= 11 is 0. The molecule has 0 saturated carbocycles. The third kappa shape index (κ3) is 3.70. The highest BCUT2D eigenvalue weighted by atomic mass is 16.1. The van der Waals surface area contributed by atoms with E-state index in [9.17, 15) is 4.79 Å². The van der Waals surface area contributed by atoms with Crippen LogP contribution in [-0.2, 0) is 11.2 Å². The monoisotopic (exact) mass is 202 g/mol.